The largest absolute Gasteiger partial charge is 0.460 e. The lowest BCUT2D eigenvalue weighted by atomic mass is 10.1. The summed E-state index contributed by atoms with van der Waals surface area (Å²) in [7, 11) is 0. The van der Waals surface area contributed by atoms with Crippen LogP contribution in [0.1, 0.15) is 21.5 Å². The first kappa shape index (κ1) is 17.2. The third-order valence-electron chi connectivity index (χ3n) is 3.86. The molecule has 3 aromatic rings. The molecule has 0 heterocycles. The summed E-state index contributed by atoms with van der Waals surface area (Å²) in [6, 6.07) is 21.9. The number of hydrogen-bond acceptors (Lipinski definition) is 4. The molecule has 0 spiro atoms. The molecule has 1 amide bonds. The number of benzene rings is 3. The molecule has 0 bridgehead atoms. The number of nitrogens with zero attached hydrogens (tertiary/aromatic N) is 1. The summed E-state index contributed by atoms with van der Waals surface area (Å²) < 4.78 is 5.12. The lowest BCUT2D eigenvalue weighted by molar-refractivity contribution is -0.143. The molecule has 0 atom stereocenters. The van der Waals surface area contributed by atoms with Crippen LogP contribution in [0.5, 0.6) is 0 Å². The molecule has 0 aromatic heterocycles. The first-order chi connectivity index (χ1) is 12.7. The van der Waals surface area contributed by atoms with Crippen molar-refractivity contribution in [1.29, 1.82) is 5.26 Å². The van der Waals surface area contributed by atoms with E-state index in [4.69, 9.17) is 10.00 Å². The van der Waals surface area contributed by atoms with Gasteiger partial charge in [0.2, 0.25) is 0 Å². The number of hydrogen-bond donors (Lipinski definition) is 1. The maximum absolute atomic E-state index is 12.2. The Morgan fingerprint density at radius 2 is 1.77 bits per heavy atom. The van der Waals surface area contributed by atoms with Crippen molar-refractivity contribution in [2.45, 2.75) is 6.61 Å². The predicted molar refractivity (Wildman–Crippen MR) is 97.2 cm³/mol. The molecule has 0 radical (unpaired) electrons. The molecular weight excluding hydrogens is 328 g/mol. The lowest BCUT2D eigenvalue weighted by Gasteiger charge is -2.07. The van der Waals surface area contributed by atoms with Crippen molar-refractivity contribution in [3.63, 3.8) is 0 Å². The number of rotatable bonds is 5. The Morgan fingerprint density at radius 3 is 2.58 bits per heavy atom. The molecule has 0 unspecified atom stereocenters. The van der Waals surface area contributed by atoms with E-state index >= 15 is 0 Å². The van der Waals surface area contributed by atoms with Crippen LogP contribution in [0, 0.1) is 11.3 Å². The average molecular weight is 344 g/mol. The van der Waals surface area contributed by atoms with Crippen LogP contribution in [0.2, 0.25) is 0 Å². The van der Waals surface area contributed by atoms with Crippen molar-refractivity contribution in [3.05, 3.63) is 83.4 Å². The fraction of sp³-hybridized carbons (Fsp3) is 0.0952. The molecule has 5 heteroatoms. The molecule has 5 nitrogen and oxygen atoms in total. The summed E-state index contributed by atoms with van der Waals surface area (Å²) in [6.45, 7) is -0.163. The zero-order valence-corrected chi connectivity index (χ0v) is 13.9. The summed E-state index contributed by atoms with van der Waals surface area (Å²) in [6.07, 6.45) is 0. The summed E-state index contributed by atoms with van der Waals surface area (Å²) in [5, 5.41) is 13.4. The Morgan fingerprint density at radius 1 is 0.962 bits per heavy atom. The molecule has 0 aliphatic carbocycles. The zero-order valence-electron chi connectivity index (χ0n) is 13.9. The average Bonchev–Trinajstić information content (AvgIpc) is 2.70. The molecule has 1 N–H and O–H groups in total. The van der Waals surface area contributed by atoms with Gasteiger partial charge in [0.25, 0.3) is 5.91 Å². The van der Waals surface area contributed by atoms with Gasteiger partial charge < -0.3 is 10.1 Å². The van der Waals surface area contributed by atoms with Crippen molar-refractivity contribution >= 4 is 22.6 Å². The molecule has 0 saturated carbocycles. The first-order valence-electron chi connectivity index (χ1n) is 8.07. The fourth-order valence-electron chi connectivity index (χ4n) is 2.53. The molecule has 26 heavy (non-hydrogen) atoms. The summed E-state index contributed by atoms with van der Waals surface area (Å²) in [5.74, 6) is -0.874. The summed E-state index contributed by atoms with van der Waals surface area (Å²) in [5.41, 5.74) is 1.71. The Kier molecular flexibility index (Phi) is 5.25. The maximum Gasteiger partial charge on any atom is 0.325 e. The van der Waals surface area contributed by atoms with Gasteiger partial charge >= 0.3 is 5.97 Å². The molecular formula is C21H16N2O3. The smallest absolute Gasteiger partial charge is 0.325 e. The second-order valence-electron chi connectivity index (χ2n) is 5.72. The SMILES string of the molecule is N#Cc1cccc(COC(=O)CNC(=O)c2ccc3ccccc3c2)c1. The normalized spacial score (nSPS) is 10.1. The Hall–Kier alpha value is -3.65. The van der Waals surface area contributed by atoms with Crippen LogP contribution in [0.15, 0.2) is 66.7 Å². The molecule has 0 aliphatic heterocycles. The first-order valence-corrected chi connectivity index (χ1v) is 8.07. The van der Waals surface area contributed by atoms with E-state index in [-0.39, 0.29) is 19.1 Å². The van der Waals surface area contributed by atoms with Gasteiger partial charge in [0.1, 0.15) is 13.2 Å². The standard InChI is InChI=1S/C21H16N2O3/c22-12-15-4-3-5-16(10-15)14-26-20(24)13-23-21(25)19-9-8-17-6-1-2-7-18(17)11-19/h1-11H,13-14H2,(H,23,25). The third kappa shape index (κ3) is 4.25. The number of nitriles is 1. The van der Waals surface area contributed by atoms with E-state index in [1.54, 1.807) is 36.4 Å². The van der Waals surface area contributed by atoms with Crippen LogP contribution in [0.4, 0.5) is 0 Å². The molecule has 3 rings (SSSR count). The number of nitrogens with one attached hydrogen (secondary N) is 1. The highest BCUT2D eigenvalue weighted by Gasteiger charge is 2.10. The van der Waals surface area contributed by atoms with Crippen molar-refractivity contribution in [2.24, 2.45) is 0 Å². The zero-order chi connectivity index (χ0) is 18.4. The number of esters is 1. The van der Waals surface area contributed by atoms with Gasteiger partial charge in [-0.25, -0.2) is 0 Å². The molecule has 0 aliphatic rings. The highest BCUT2D eigenvalue weighted by Crippen LogP contribution is 2.15. The number of carbonyl (C=O) groups excluding carboxylic acids is 2. The van der Waals surface area contributed by atoms with Gasteiger partial charge in [0.15, 0.2) is 0 Å². The van der Waals surface area contributed by atoms with Gasteiger partial charge in [-0.05, 0) is 40.6 Å². The molecule has 0 saturated heterocycles. The van der Waals surface area contributed by atoms with E-state index in [0.717, 1.165) is 16.3 Å². The Bertz CT molecular complexity index is 1010. The number of amides is 1. The van der Waals surface area contributed by atoms with Crippen LogP contribution in [0.25, 0.3) is 10.8 Å². The number of fused-ring (bicyclic) bond motifs is 1. The van der Waals surface area contributed by atoms with Gasteiger partial charge in [-0.1, -0.05) is 42.5 Å². The van der Waals surface area contributed by atoms with Crippen molar-refractivity contribution in [3.8, 4) is 6.07 Å². The van der Waals surface area contributed by atoms with E-state index in [2.05, 4.69) is 5.32 Å². The third-order valence-corrected chi connectivity index (χ3v) is 3.86. The van der Waals surface area contributed by atoms with E-state index < -0.39 is 5.97 Å². The van der Waals surface area contributed by atoms with E-state index in [9.17, 15) is 9.59 Å². The summed E-state index contributed by atoms with van der Waals surface area (Å²) in [4.78, 5) is 24.0. The lowest BCUT2D eigenvalue weighted by Crippen LogP contribution is -2.30. The van der Waals surface area contributed by atoms with E-state index in [1.807, 2.05) is 36.4 Å². The van der Waals surface area contributed by atoms with Crippen molar-refractivity contribution in [1.82, 2.24) is 5.32 Å². The van der Waals surface area contributed by atoms with E-state index in [1.165, 1.54) is 0 Å². The Balaban J connectivity index is 1.53. The van der Waals surface area contributed by atoms with Crippen molar-refractivity contribution in [2.75, 3.05) is 6.54 Å². The summed E-state index contributed by atoms with van der Waals surface area (Å²) >= 11 is 0. The Labute approximate surface area is 150 Å². The molecule has 3 aromatic carbocycles. The highest BCUT2D eigenvalue weighted by molar-refractivity contribution is 5.99. The van der Waals surface area contributed by atoms with Gasteiger partial charge in [-0.3, -0.25) is 9.59 Å². The number of ether oxygens (including phenoxy) is 1. The highest BCUT2D eigenvalue weighted by atomic mass is 16.5. The number of carbonyl (C=O) groups is 2. The molecule has 128 valence electrons. The second-order valence-corrected chi connectivity index (χ2v) is 5.72. The second kappa shape index (κ2) is 7.95. The monoisotopic (exact) mass is 344 g/mol. The quantitative estimate of drug-likeness (QED) is 0.721. The van der Waals surface area contributed by atoms with Gasteiger partial charge in [-0.15, -0.1) is 0 Å². The topological polar surface area (TPSA) is 79.2 Å². The maximum atomic E-state index is 12.2. The van der Waals surface area contributed by atoms with Crippen LogP contribution < -0.4 is 5.32 Å². The van der Waals surface area contributed by atoms with E-state index in [0.29, 0.717) is 11.1 Å². The van der Waals surface area contributed by atoms with Crippen LogP contribution >= 0.6 is 0 Å². The van der Waals surface area contributed by atoms with Gasteiger partial charge in [-0.2, -0.15) is 5.26 Å². The molecule has 0 fully saturated rings. The van der Waals surface area contributed by atoms with Crippen molar-refractivity contribution < 1.29 is 14.3 Å². The minimum absolute atomic E-state index is 0.0558. The van der Waals surface area contributed by atoms with Crippen LogP contribution in [-0.4, -0.2) is 18.4 Å². The minimum Gasteiger partial charge on any atom is -0.460 e. The van der Waals surface area contributed by atoms with Crippen LogP contribution in [0.3, 0.4) is 0 Å². The predicted octanol–water partition coefficient (Wildman–Crippen LogP) is 3.18. The van der Waals surface area contributed by atoms with Gasteiger partial charge in [0.05, 0.1) is 11.6 Å². The van der Waals surface area contributed by atoms with Crippen LogP contribution in [-0.2, 0) is 16.1 Å². The van der Waals surface area contributed by atoms with Gasteiger partial charge in [0, 0.05) is 5.56 Å². The minimum atomic E-state index is -0.540. The fourth-order valence-corrected chi connectivity index (χ4v) is 2.53.